The molecule has 0 radical (unpaired) electrons. The van der Waals surface area contributed by atoms with Crippen molar-refractivity contribution in [1.82, 2.24) is 0 Å². The van der Waals surface area contributed by atoms with Crippen molar-refractivity contribution in [3.05, 3.63) is 29.3 Å². The average molecular weight is 218 g/mol. The zero-order chi connectivity index (χ0) is 11.4. The molecule has 1 heterocycles. The van der Waals surface area contributed by atoms with Gasteiger partial charge in [-0.1, -0.05) is 0 Å². The molecule has 0 aliphatic carbocycles. The lowest BCUT2D eigenvalue weighted by atomic mass is 10.1. The number of carbonyl (C=O) groups is 1. The van der Waals surface area contributed by atoms with Gasteiger partial charge in [-0.2, -0.15) is 0 Å². The Balaban J connectivity index is 2.26. The summed E-state index contributed by atoms with van der Waals surface area (Å²) in [7, 11) is 0. The summed E-state index contributed by atoms with van der Waals surface area (Å²) >= 11 is 0. The SMILES string of the molecule is [N-]=NN=CC(=O)c1ccc2c(c1)OCCO2. The van der Waals surface area contributed by atoms with Crippen molar-refractivity contribution in [1.29, 1.82) is 0 Å². The fourth-order valence-corrected chi connectivity index (χ4v) is 1.35. The molecule has 0 unspecified atom stereocenters. The van der Waals surface area contributed by atoms with Crippen LogP contribution in [0.15, 0.2) is 28.5 Å². The molecule has 0 spiro atoms. The molecule has 2 rings (SSSR count). The molecule has 0 saturated carbocycles. The second-order valence-electron chi connectivity index (χ2n) is 3.06. The molecule has 1 aromatic carbocycles. The Morgan fingerprint density at radius 2 is 2.06 bits per heavy atom. The minimum absolute atomic E-state index is 0.366. The Bertz CT molecular complexity index is 457. The summed E-state index contributed by atoms with van der Waals surface area (Å²) in [5.74, 6) is 0.785. The molecular formula is C10H8N3O3-. The molecule has 0 atom stereocenters. The van der Waals surface area contributed by atoms with E-state index in [9.17, 15) is 4.79 Å². The normalized spacial score (nSPS) is 13.8. The van der Waals surface area contributed by atoms with Crippen LogP contribution in [0, 0.1) is 0 Å². The molecule has 82 valence electrons. The second kappa shape index (κ2) is 4.52. The molecule has 1 aliphatic heterocycles. The minimum atomic E-state index is -0.366. The van der Waals surface area contributed by atoms with Crippen LogP contribution in [0.3, 0.4) is 0 Å². The van der Waals surface area contributed by atoms with E-state index in [4.69, 9.17) is 15.0 Å². The lowest BCUT2D eigenvalue weighted by Crippen LogP contribution is -2.15. The minimum Gasteiger partial charge on any atom is -0.486 e. The second-order valence-corrected chi connectivity index (χ2v) is 3.06. The third-order valence-corrected chi connectivity index (χ3v) is 2.05. The fraction of sp³-hybridized carbons (Fsp3) is 0.200. The van der Waals surface area contributed by atoms with Crippen LogP contribution in [0.25, 0.3) is 5.53 Å². The standard InChI is InChI=1S/C10H8N3O3/c11-13-12-6-8(14)7-1-2-9-10(5-7)16-4-3-15-9/h1-2,5-6H,3-4H2/q-1. The highest BCUT2D eigenvalue weighted by molar-refractivity contribution is 6.35. The summed E-state index contributed by atoms with van der Waals surface area (Å²) < 4.78 is 10.6. The van der Waals surface area contributed by atoms with Crippen LogP contribution >= 0.6 is 0 Å². The number of Topliss-reactive ketones (excluding diaryl/α,β-unsaturated/α-hetero) is 1. The van der Waals surface area contributed by atoms with E-state index in [1.165, 1.54) is 0 Å². The summed E-state index contributed by atoms with van der Waals surface area (Å²) in [4.78, 5) is 11.5. The number of fused-ring (bicyclic) bond motifs is 1. The van der Waals surface area contributed by atoms with E-state index in [-0.39, 0.29) is 5.78 Å². The fourth-order valence-electron chi connectivity index (χ4n) is 1.35. The molecule has 0 saturated heterocycles. The summed E-state index contributed by atoms with van der Waals surface area (Å²) in [5.41, 5.74) is 8.48. The van der Waals surface area contributed by atoms with E-state index < -0.39 is 0 Å². The zero-order valence-electron chi connectivity index (χ0n) is 8.29. The van der Waals surface area contributed by atoms with Gasteiger partial charge in [0.1, 0.15) is 13.2 Å². The first-order valence-electron chi connectivity index (χ1n) is 4.62. The summed E-state index contributed by atoms with van der Waals surface area (Å²) in [6.45, 7) is 0.968. The Hall–Kier alpha value is -2.24. The molecule has 0 aromatic heterocycles. The van der Waals surface area contributed by atoms with Gasteiger partial charge in [0.15, 0.2) is 17.3 Å². The lowest BCUT2D eigenvalue weighted by molar-refractivity contribution is 0.106. The van der Waals surface area contributed by atoms with Crippen molar-refractivity contribution in [2.75, 3.05) is 13.2 Å². The van der Waals surface area contributed by atoms with Gasteiger partial charge in [-0.3, -0.25) is 10.0 Å². The largest absolute Gasteiger partial charge is 0.486 e. The molecule has 6 heteroatoms. The van der Waals surface area contributed by atoms with Crippen LogP contribution in [-0.2, 0) is 0 Å². The van der Waals surface area contributed by atoms with Gasteiger partial charge in [-0.05, 0) is 24.4 Å². The van der Waals surface area contributed by atoms with E-state index in [0.29, 0.717) is 30.3 Å². The molecular weight excluding hydrogens is 210 g/mol. The molecule has 0 fully saturated rings. The summed E-state index contributed by atoms with van der Waals surface area (Å²) in [5, 5.41) is 5.58. The van der Waals surface area contributed by atoms with Gasteiger partial charge in [0.25, 0.3) is 0 Å². The van der Waals surface area contributed by atoms with Crippen LogP contribution in [0.5, 0.6) is 11.5 Å². The van der Waals surface area contributed by atoms with Gasteiger partial charge in [-0.25, -0.2) is 0 Å². The zero-order valence-corrected chi connectivity index (χ0v) is 8.29. The number of hydrogen-bond donors (Lipinski definition) is 0. The van der Waals surface area contributed by atoms with E-state index in [2.05, 4.69) is 10.3 Å². The molecule has 0 N–H and O–H groups in total. The summed E-state index contributed by atoms with van der Waals surface area (Å²) in [6.07, 6.45) is 0.922. The van der Waals surface area contributed by atoms with E-state index in [1.54, 1.807) is 18.2 Å². The highest BCUT2D eigenvalue weighted by Crippen LogP contribution is 2.30. The highest BCUT2D eigenvalue weighted by atomic mass is 16.6. The van der Waals surface area contributed by atoms with Gasteiger partial charge in [0.05, 0.1) is 0 Å². The molecule has 0 amide bonds. The smallest absolute Gasteiger partial charge is 0.183 e. The van der Waals surface area contributed by atoms with E-state index in [1.807, 2.05) is 0 Å². The number of nitrogens with zero attached hydrogens (tertiary/aromatic N) is 3. The average Bonchev–Trinajstić information content (AvgIpc) is 2.35. The lowest BCUT2D eigenvalue weighted by Gasteiger charge is -2.18. The maximum absolute atomic E-state index is 11.5. The van der Waals surface area contributed by atoms with Crippen LogP contribution in [0.4, 0.5) is 0 Å². The predicted octanol–water partition coefficient (Wildman–Crippen LogP) is 1.65. The molecule has 16 heavy (non-hydrogen) atoms. The Labute approximate surface area is 91.4 Å². The maximum atomic E-state index is 11.5. The quantitative estimate of drug-likeness (QED) is 0.334. The van der Waals surface area contributed by atoms with Crippen molar-refractivity contribution in [2.45, 2.75) is 0 Å². The first-order valence-corrected chi connectivity index (χ1v) is 4.62. The number of carbonyl (C=O) groups excluding carboxylic acids is 1. The van der Waals surface area contributed by atoms with E-state index in [0.717, 1.165) is 6.21 Å². The van der Waals surface area contributed by atoms with Gasteiger partial charge in [0, 0.05) is 5.56 Å². The first-order chi connectivity index (χ1) is 7.81. The number of rotatable bonds is 3. The number of benzene rings is 1. The maximum Gasteiger partial charge on any atom is 0.183 e. The Morgan fingerprint density at radius 3 is 2.81 bits per heavy atom. The van der Waals surface area contributed by atoms with E-state index >= 15 is 0 Å². The van der Waals surface area contributed by atoms with Crippen LogP contribution < -0.4 is 9.47 Å². The predicted molar refractivity (Wildman–Crippen MR) is 56.0 cm³/mol. The first kappa shape index (κ1) is 10.3. The van der Waals surface area contributed by atoms with Crippen molar-refractivity contribution < 1.29 is 14.3 Å². The van der Waals surface area contributed by atoms with Gasteiger partial charge in [-0.15, -0.1) is 0 Å². The molecule has 1 aliphatic rings. The number of hydrogen-bond acceptors (Lipinski definition) is 4. The Morgan fingerprint density at radius 1 is 1.31 bits per heavy atom. The molecule has 1 aromatic rings. The molecule has 6 nitrogen and oxygen atoms in total. The topological polar surface area (TPSA) is 82.6 Å². The number of ether oxygens (including phenoxy) is 2. The van der Waals surface area contributed by atoms with Crippen molar-refractivity contribution in [2.24, 2.45) is 10.3 Å². The van der Waals surface area contributed by atoms with Crippen molar-refractivity contribution in [3.8, 4) is 11.5 Å². The highest BCUT2D eigenvalue weighted by Gasteiger charge is 2.13. The van der Waals surface area contributed by atoms with Gasteiger partial charge < -0.3 is 20.1 Å². The van der Waals surface area contributed by atoms with Crippen molar-refractivity contribution >= 4 is 12.0 Å². The van der Waals surface area contributed by atoms with Crippen LogP contribution in [0.2, 0.25) is 0 Å². The summed E-state index contributed by atoms with van der Waals surface area (Å²) in [6, 6.07) is 4.82. The van der Waals surface area contributed by atoms with Crippen LogP contribution in [-0.4, -0.2) is 25.2 Å². The molecule has 0 bridgehead atoms. The van der Waals surface area contributed by atoms with Crippen molar-refractivity contribution in [3.63, 3.8) is 0 Å². The van der Waals surface area contributed by atoms with Gasteiger partial charge in [0.2, 0.25) is 0 Å². The number of ketones is 1. The van der Waals surface area contributed by atoms with Gasteiger partial charge >= 0.3 is 0 Å². The third kappa shape index (κ3) is 2.05. The van der Waals surface area contributed by atoms with Crippen LogP contribution in [0.1, 0.15) is 10.4 Å². The monoisotopic (exact) mass is 218 g/mol. The Kier molecular flexibility index (Phi) is 2.90. The third-order valence-electron chi connectivity index (χ3n) is 2.05.